The van der Waals surface area contributed by atoms with Crippen LogP contribution in [-0.4, -0.2) is 24.0 Å². The fourth-order valence-corrected chi connectivity index (χ4v) is 4.47. The first kappa shape index (κ1) is 20.4. The van der Waals surface area contributed by atoms with Crippen LogP contribution in [0, 0.1) is 5.41 Å². The van der Waals surface area contributed by atoms with E-state index in [0.717, 1.165) is 48.2 Å². The Bertz CT molecular complexity index is 1030. The number of rotatable bonds is 5. The van der Waals surface area contributed by atoms with Crippen molar-refractivity contribution < 1.29 is 4.79 Å². The summed E-state index contributed by atoms with van der Waals surface area (Å²) < 4.78 is 0. The van der Waals surface area contributed by atoms with Crippen LogP contribution < -0.4 is 10.2 Å². The van der Waals surface area contributed by atoms with E-state index in [-0.39, 0.29) is 17.4 Å². The van der Waals surface area contributed by atoms with E-state index in [1.807, 2.05) is 48.5 Å². The molecule has 1 amide bonds. The van der Waals surface area contributed by atoms with Crippen LogP contribution in [0.2, 0.25) is 0 Å². The topological polar surface area (TPSA) is 45.2 Å². The highest BCUT2D eigenvalue weighted by Gasteiger charge is 2.28. The molecular formula is C26H31N3O. The number of nitrogens with one attached hydrogen (secondary N) is 1. The second-order valence-electron chi connectivity index (χ2n) is 9.08. The molecule has 1 aliphatic heterocycles. The maximum atomic E-state index is 13.4. The smallest absolute Gasteiger partial charge is 0.252 e. The van der Waals surface area contributed by atoms with Crippen LogP contribution in [0.15, 0.2) is 60.7 Å². The van der Waals surface area contributed by atoms with E-state index >= 15 is 0 Å². The molecule has 0 bridgehead atoms. The molecule has 3 aromatic rings. The van der Waals surface area contributed by atoms with Crippen molar-refractivity contribution in [2.45, 2.75) is 46.1 Å². The molecule has 1 aromatic heterocycles. The van der Waals surface area contributed by atoms with Crippen molar-refractivity contribution in [3.05, 3.63) is 71.8 Å². The maximum Gasteiger partial charge on any atom is 0.252 e. The minimum atomic E-state index is -0.0400. The third kappa shape index (κ3) is 4.33. The lowest BCUT2D eigenvalue weighted by Gasteiger charge is -2.39. The molecule has 0 spiro atoms. The molecule has 0 radical (unpaired) electrons. The van der Waals surface area contributed by atoms with E-state index in [0.29, 0.717) is 5.56 Å². The summed E-state index contributed by atoms with van der Waals surface area (Å²) in [7, 11) is 0. The number of pyridine rings is 1. The summed E-state index contributed by atoms with van der Waals surface area (Å²) in [4.78, 5) is 20.7. The van der Waals surface area contributed by atoms with Gasteiger partial charge in [0.25, 0.3) is 5.91 Å². The molecule has 0 aliphatic carbocycles. The zero-order valence-electron chi connectivity index (χ0n) is 18.2. The van der Waals surface area contributed by atoms with E-state index in [2.05, 4.69) is 43.1 Å². The lowest BCUT2D eigenvalue weighted by molar-refractivity contribution is 0.0937. The lowest BCUT2D eigenvalue weighted by atomic mass is 9.84. The van der Waals surface area contributed by atoms with E-state index in [9.17, 15) is 4.79 Å². The van der Waals surface area contributed by atoms with Crippen molar-refractivity contribution in [1.29, 1.82) is 0 Å². The third-order valence-electron chi connectivity index (χ3n) is 6.09. The van der Waals surface area contributed by atoms with E-state index in [1.54, 1.807) is 0 Å². The Kier molecular flexibility index (Phi) is 5.76. The SMILES string of the molecule is CC[C@H](NC(=O)c1cc(N2CCCC(C)(C)C2)nc2ccccc12)c1ccccc1. The van der Waals surface area contributed by atoms with E-state index in [4.69, 9.17) is 4.98 Å². The molecular weight excluding hydrogens is 370 g/mol. The molecule has 1 aliphatic rings. The number of carbonyl (C=O) groups excluding carboxylic acids is 1. The van der Waals surface area contributed by atoms with Crippen molar-refractivity contribution in [1.82, 2.24) is 10.3 Å². The number of aromatic nitrogens is 1. The predicted molar refractivity (Wildman–Crippen MR) is 124 cm³/mol. The highest BCUT2D eigenvalue weighted by Crippen LogP contribution is 2.32. The van der Waals surface area contributed by atoms with E-state index < -0.39 is 0 Å². The normalized spacial score (nSPS) is 17.0. The molecule has 0 unspecified atom stereocenters. The molecule has 30 heavy (non-hydrogen) atoms. The molecule has 4 nitrogen and oxygen atoms in total. The molecule has 1 fully saturated rings. The zero-order chi connectivity index (χ0) is 21.1. The molecule has 2 aromatic carbocycles. The first-order valence-electron chi connectivity index (χ1n) is 11.0. The van der Waals surface area contributed by atoms with Crippen LogP contribution in [0.25, 0.3) is 10.9 Å². The number of hydrogen-bond donors (Lipinski definition) is 1. The molecule has 0 saturated carbocycles. The number of benzene rings is 2. The zero-order valence-corrected chi connectivity index (χ0v) is 18.2. The standard InChI is InChI=1S/C26H31N3O/c1-4-22(19-11-6-5-7-12-19)28-25(30)21-17-24(27-23-14-9-8-13-20(21)23)29-16-10-15-26(2,3)18-29/h5-9,11-14,17,22H,4,10,15-16,18H2,1-3H3,(H,28,30)/t22-/m0/s1. The Morgan fingerprint density at radius 3 is 2.60 bits per heavy atom. The van der Waals surface area contributed by atoms with Crippen LogP contribution in [0.3, 0.4) is 0 Å². The van der Waals surface area contributed by atoms with Crippen molar-refractivity contribution in [2.75, 3.05) is 18.0 Å². The van der Waals surface area contributed by atoms with Crippen LogP contribution in [0.4, 0.5) is 5.82 Å². The van der Waals surface area contributed by atoms with Gasteiger partial charge in [-0.05, 0) is 42.4 Å². The van der Waals surface area contributed by atoms with Crippen LogP contribution >= 0.6 is 0 Å². The molecule has 1 saturated heterocycles. The van der Waals surface area contributed by atoms with Gasteiger partial charge in [-0.2, -0.15) is 0 Å². The van der Waals surface area contributed by atoms with Gasteiger partial charge in [-0.15, -0.1) is 0 Å². The van der Waals surface area contributed by atoms with Gasteiger partial charge in [0.2, 0.25) is 0 Å². The number of carbonyl (C=O) groups is 1. The van der Waals surface area contributed by atoms with Crippen LogP contribution in [-0.2, 0) is 0 Å². The Labute approximate surface area is 179 Å². The second-order valence-corrected chi connectivity index (χ2v) is 9.08. The summed E-state index contributed by atoms with van der Waals surface area (Å²) >= 11 is 0. The number of anilines is 1. The average Bonchev–Trinajstić information content (AvgIpc) is 2.76. The summed E-state index contributed by atoms with van der Waals surface area (Å²) in [5, 5.41) is 4.15. The molecule has 4 heteroatoms. The predicted octanol–water partition coefficient (Wildman–Crippen LogP) is 5.74. The Balaban J connectivity index is 1.69. The third-order valence-corrected chi connectivity index (χ3v) is 6.09. The van der Waals surface area contributed by atoms with Gasteiger partial charge in [-0.1, -0.05) is 69.3 Å². The highest BCUT2D eigenvalue weighted by molar-refractivity contribution is 6.07. The van der Waals surface area contributed by atoms with E-state index in [1.165, 1.54) is 6.42 Å². The van der Waals surface area contributed by atoms with Crippen LogP contribution in [0.1, 0.15) is 62.0 Å². The van der Waals surface area contributed by atoms with Crippen molar-refractivity contribution in [3.8, 4) is 0 Å². The summed E-state index contributed by atoms with van der Waals surface area (Å²) in [5.41, 5.74) is 2.96. The van der Waals surface area contributed by atoms with Gasteiger partial charge >= 0.3 is 0 Å². The number of piperidine rings is 1. The molecule has 2 heterocycles. The fraction of sp³-hybridized carbons (Fsp3) is 0.385. The molecule has 4 rings (SSSR count). The quantitative estimate of drug-likeness (QED) is 0.593. The van der Waals surface area contributed by atoms with Gasteiger partial charge in [0.1, 0.15) is 5.82 Å². The summed E-state index contributed by atoms with van der Waals surface area (Å²) in [6, 6.07) is 20.1. The summed E-state index contributed by atoms with van der Waals surface area (Å²) in [5.74, 6) is 0.862. The van der Waals surface area contributed by atoms with Gasteiger partial charge in [-0.25, -0.2) is 4.98 Å². The number of hydrogen-bond acceptors (Lipinski definition) is 3. The second kappa shape index (κ2) is 8.47. The Morgan fingerprint density at radius 2 is 1.87 bits per heavy atom. The minimum Gasteiger partial charge on any atom is -0.356 e. The van der Waals surface area contributed by atoms with Gasteiger partial charge in [-0.3, -0.25) is 4.79 Å². The van der Waals surface area contributed by atoms with Gasteiger partial charge in [0.15, 0.2) is 0 Å². The summed E-state index contributed by atoms with van der Waals surface area (Å²) in [6.45, 7) is 8.65. The first-order valence-corrected chi connectivity index (χ1v) is 11.0. The largest absolute Gasteiger partial charge is 0.356 e. The van der Waals surface area contributed by atoms with Gasteiger partial charge < -0.3 is 10.2 Å². The number of nitrogens with zero attached hydrogens (tertiary/aromatic N) is 2. The van der Waals surface area contributed by atoms with Gasteiger partial charge in [0.05, 0.1) is 17.1 Å². The Hall–Kier alpha value is -2.88. The van der Waals surface area contributed by atoms with Crippen molar-refractivity contribution >= 4 is 22.6 Å². The maximum absolute atomic E-state index is 13.4. The number of fused-ring (bicyclic) bond motifs is 1. The molecule has 1 atom stereocenters. The minimum absolute atomic E-state index is 0.0111. The van der Waals surface area contributed by atoms with Crippen molar-refractivity contribution in [3.63, 3.8) is 0 Å². The van der Waals surface area contributed by atoms with Gasteiger partial charge in [0, 0.05) is 18.5 Å². The first-order chi connectivity index (χ1) is 14.5. The molecule has 156 valence electrons. The lowest BCUT2D eigenvalue weighted by Crippen LogP contribution is -2.40. The Morgan fingerprint density at radius 1 is 1.13 bits per heavy atom. The fourth-order valence-electron chi connectivity index (χ4n) is 4.47. The number of amides is 1. The average molecular weight is 402 g/mol. The van der Waals surface area contributed by atoms with Crippen molar-refractivity contribution in [2.24, 2.45) is 5.41 Å². The monoisotopic (exact) mass is 401 g/mol. The number of para-hydroxylation sites is 1. The summed E-state index contributed by atoms with van der Waals surface area (Å²) in [6.07, 6.45) is 3.21. The van der Waals surface area contributed by atoms with Crippen LogP contribution in [0.5, 0.6) is 0 Å². The molecule has 1 N–H and O–H groups in total. The highest BCUT2D eigenvalue weighted by atomic mass is 16.1.